The van der Waals surface area contributed by atoms with Crippen LogP contribution >= 0.6 is 11.6 Å². The van der Waals surface area contributed by atoms with E-state index in [1.807, 2.05) is 31.2 Å². The SMILES string of the molecule is Cc1ccc(OCCCC(=O)NCCNC(=O)CCCl)cc1. The number of hydrogen-bond acceptors (Lipinski definition) is 3. The number of alkyl halides is 1. The Morgan fingerprint density at radius 2 is 1.64 bits per heavy atom. The molecular weight excluding hydrogens is 304 g/mol. The van der Waals surface area contributed by atoms with Crippen LogP contribution < -0.4 is 15.4 Å². The number of rotatable bonds is 10. The zero-order valence-electron chi connectivity index (χ0n) is 12.9. The van der Waals surface area contributed by atoms with Crippen LogP contribution in [0.1, 0.15) is 24.8 Å². The van der Waals surface area contributed by atoms with Gasteiger partial charge in [0.25, 0.3) is 0 Å². The summed E-state index contributed by atoms with van der Waals surface area (Å²) in [6.45, 7) is 3.36. The molecule has 1 aromatic rings. The van der Waals surface area contributed by atoms with Crippen molar-refractivity contribution < 1.29 is 14.3 Å². The van der Waals surface area contributed by atoms with Crippen LogP contribution in [-0.2, 0) is 9.59 Å². The lowest BCUT2D eigenvalue weighted by atomic mass is 10.2. The van der Waals surface area contributed by atoms with Crippen LogP contribution in [0.15, 0.2) is 24.3 Å². The van der Waals surface area contributed by atoms with Crippen LogP contribution in [0.2, 0.25) is 0 Å². The fourth-order valence-corrected chi connectivity index (χ4v) is 1.90. The van der Waals surface area contributed by atoms with Gasteiger partial charge < -0.3 is 15.4 Å². The van der Waals surface area contributed by atoms with Gasteiger partial charge in [-0.15, -0.1) is 11.6 Å². The number of ether oxygens (including phenoxy) is 1. The summed E-state index contributed by atoms with van der Waals surface area (Å²) < 4.78 is 5.55. The third-order valence-electron chi connectivity index (χ3n) is 2.93. The van der Waals surface area contributed by atoms with Crippen LogP contribution in [0.25, 0.3) is 0 Å². The first-order valence-electron chi connectivity index (χ1n) is 7.40. The maximum absolute atomic E-state index is 11.6. The summed E-state index contributed by atoms with van der Waals surface area (Å²) >= 11 is 5.44. The number of carbonyl (C=O) groups is 2. The van der Waals surface area contributed by atoms with E-state index in [4.69, 9.17) is 16.3 Å². The van der Waals surface area contributed by atoms with E-state index in [0.717, 1.165) is 5.75 Å². The highest BCUT2D eigenvalue weighted by atomic mass is 35.5. The van der Waals surface area contributed by atoms with Crippen molar-refractivity contribution in [3.05, 3.63) is 29.8 Å². The van der Waals surface area contributed by atoms with Crippen molar-refractivity contribution in [2.24, 2.45) is 0 Å². The molecule has 0 unspecified atom stereocenters. The molecule has 0 aliphatic carbocycles. The van der Waals surface area contributed by atoms with Crippen molar-refractivity contribution in [2.75, 3.05) is 25.6 Å². The molecule has 0 atom stereocenters. The van der Waals surface area contributed by atoms with E-state index in [2.05, 4.69) is 10.6 Å². The number of nitrogens with one attached hydrogen (secondary N) is 2. The lowest BCUT2D eigenvalue weighted by Gasteiger charge is -2.08. The number of aryl methyl sites for hydroxylation is 1. The average molecular weight is 327 g/mol. The summed E-state index contributed by atoms with van der Waals surface area (Å²) in [5, 5.41) is 5.41. The molecule has 0 bridgehead atoms. The molecule has 2 amide bonds. The Balaban J connectivity index is 2.01. The normalized spacial score (nSPS) is 10.1. The monoisotopic (exact) mass is 326 g/mol. The molecule has 2 N–H and O–H groups in total. The fourth-order valence-electron chi connectivity index (χ4n) is 1.72. The highest BCUT2D eigenvalue weighted by Crippen LogP contribution is 2.11. The zero-order chi connectivity index (χ0) is 16.2. The Kier molecular flexibility index (Phi) is 9.07. The molecule has 0 saturated carbocycles. The Bertz CT molecular complexity index is 463. The second kappa shape index (κ2) is 10.9. The van der Waals surface area contributed by atoms with Gasteiger partial charge in [-0.2, -0.15) is 0 Å². The van der Waals surface area contributed by atoms with Crippen molar-refractivity contribution in [2.45, 2.75) is 26.2 Å². The third kappa shape index (κ3) is 8.52. The molecule has 0 aromatic heterocycles. The second-order valence-corrected chi connectivity index (χ2v) is 5.28. The quantitative estimate of drug-likeness (QED) is 0.510. The van der Waals surface area contributed by atoms with Crippen molar-refractivity contribution in [3.63, 3.8) is 0 Å². The first kappa shape index (κ1) is 18.3. The van der Waals surface area contributed by atoms with Gasteiger partial charge in [-0.3, -0.25) is 9.59 Å². The molecule has 6 heteroatoms. The van der Waals surface area contributed by atoms with Gasteiger partial charge in [0.15, 0.2) is 0 Å². The first-order valence-corrected chi connectivity index (χ1v) is 7.94. The summed E-state index contributed by atoms with van der Waals surface area (Å²) in [7, 11) is 0. The van der Waals surface area contributed by atoms with Crippen molar-refractivity contribution in [3.8, 4) is 5.75 Å². The zero-order valence-corrected chi connectivity index (χ0v) is 13.6. The van der Waals surface area contributed by atoms with E-state index in [0.29, 0.717) is 44.8 Å². The standard InChI is InChI=1S/C16H23ClN2O3/c1-13-4-6-14(7-5-13)22-12-2-3-15(20)18-10-11-19-16(21)8-9-17/h4-7H,2-3,8-12H2,1H3,(H,18,20)(H,19,21). The van der Waals surface area contributed by atoms with Crippen molar-refractivity contribution in [1.29, 1.82) is 0 Å². The molecular formula is C16H23ClN2O3. The molecule has 0 saturated heterocycles. The Morgan fingerprint density at radius 1 is 1.05 bits per heavy atom. The summed E-state index contributed by atoms with van der Waals surface area (Å²) in [6, 6.07) is 7.80. The van der Waals surface area contributed by atoms with E-state index in [9.17, 15) is 9.59 Å². The number of halogens is 1. The third-order valence-corrected chi connectivity index (χ3v) is 3.12. The lowest BCUT2D eigenvalue weighted by molar-refractivity contribution is -0.122. The fraction of sp³-hybridized carbons (Fsp3) is 0.500. The van der Waals surface area contributed by atoms with E-state index >= 15 is 0 Å². The van der Waals surface area contributed by atoms with Gasteiger partial charge in [-0.25, -0.2) is 0 Å². The summed E-state index contributed by atoms with van der Waals surface area (Å²) in [6.07, 6.45) is 1.35. The van der Waals surface area contributed by atoms with Gasteiger partial charge >= 0.3 is 0 Å². The van der Waals surface area contributed by atoms with Gasteiger partial charge in [0.05, 0.1) is 6.61 Å². The van der Waals surface area contributed by atoms with Gasteiger partial charge in [0.1, 0.15) is 5.75 Å². The minimum Gasteiger partial charge on any atom is -0.494 e. The summed E-state index contributed by atoms with van der Waals surface area (Å²) in [5.74, 6) is 0.974. The number of benzene rings is 1. The maximum atomic E-state index is 11.6. The first-order chi connectivity index (χ1) is 10.6. The largest absolute Gasteiger partial charge is 0.494 e. The van der Waals surface area contributed by atoms with E-state index in [1.54, 1.807) is 0 Å². The molecule has 0 heterocycles. The molecule has 5 nitrogen and oxygen atoms in total. The predicted octanol–water partition coefficient (Wildman–Crippen LogP) is 2.02. The highest BCUT2D eigenvalue weighted by Gasteiger charge is 2.02. The minimum atomic E-state index is -0.101. The van der Waals surface area contributed by atoms with Gasteiger partial charge in [-0.1, -0.05) is 17.7 Å². The van der Waals surface area contributed by atoms with Gasteiger partial charge in [0, 0.05) is 31.8 Å². The Hall–Kier alpha value is -1.75. The molecule has 0 aliphatic heterocycles. The van der Waals surface area contributed by atoms with Crippen LogP contribution in [-0.4, -0.2) is 37.4 Å². The smallest absolute Gasteiger partial charge is 0.221 e. The lowest BCUT2D eigenvalue weighted by Crippen LogP contribution is -2.34. The molecule has 1 aromatic carbocycles. The van der Waals surface area contributed by atoms with Gasteiger partial charge in [-0.05, 0) is 25.5 Å². The topological polar surface area (TPSA) is 67.4 Å². The summed E-state index contributed by atoms with van der Waals surface area (Å²) in [4.78, 5) is 22.7. The van der Waals surface area contributed by atoms with Crippen LogP contribution in [0.5, 0.6) is 5.75 Å². The minimum absolute atomic E-state index is 0.0425. The Morgan fingerprint density at radius 3 is 2.23 bits per heavy atom. The van der Waals surface area contributed by atoms with Crippen LogP contribution in [0.3, 0.4) is 0 Å². The predicted molar refractivity (Wildman–Crippen MR) is 87.3 cm³/mol. The summed E-state index contributed by atoms with van der Waals surface area (Å²) in [5.41, 5.74) is 1.19. The average Bonchev–Trinajstić information content (AvgIpc) is 2.50. The van der Waals surface area contributed by atoms with Gasteiger partial charge in [0.2, 0.25) is 11.8 Å². The number of hydrogen-bond donors (Lipinski definition) is 2. The van der Waals surface area contributed by atoms with Crippen molar-refractivity contribution >= 4 is 23.4 Å². The molecule has 0 aliphatic rings. The molecule has 0 radical (unpaired) electrons. The number of carbonyl (C=O) groups excluding carboxylic acids is 2. The Labute approximate surface area is 136 Å². The second-order valence-electron chi connectivity index (χ2n) is 4.90. The molecule has 22 heavy (non-hydrogen) atoms. The van der Waals surface area contributed by atoms with E-state index < -0.39 is 0 Å². The maximum Gasteiger partial charge on any atom is 0.221 e. The van der Waals surface area contributed by atoms with Crippen molar-refractivity contribution in [1.82, 2.24) is 10.6 Å². The highest BCUT2D eigenvalue weighted by molar-refractivity contribution is 6.18. The van der Waals surface area contributed by atoms with E-state index in [1.165, 1.54) is 5.56 Å². The molecule has 122 valence electrons. The van der Waals surface area contributed by atoms with Crippen LogP contribution in [0, 0.1) is 6.92 Å². The molecule has 0 spiro atoms. The van der Waals surface area contributed by atoms with E-state index in [-0.39, 0.29) is 11.8 Å². The molecule has 0 fully saturated rings. The number of amides is 2. The van der Waals surface area contributed by atoms with Crippen LogP contribution in [0.4, 0.5) is 0 Å². The molecule has 1 rings (SSSR count).